The van der Waals surface area contributed by atoms with Gasteiger partial charge in [0.2, 0.25) is 0 Å². The van der Waals surface area contributed by atoms with Crippen molar-refractivity contribution in [3.05, 3.63) is 11.6 Å². The molecule has 0 N–H and O–H groups in total. The molecule has 0 aliphatic heterocycles. The fraction of sp³-hybridized carbons (Fsp3) is 0.857. The molecule has 0 aromatic heterocycles. The maximum atomic E-state index is 12.6. The van der Waals surface area contributed by atoms with Crippen molar-refractivity contribution in [1.29, 1.82) is 0 Å². The first kappa shape index (κ1) is 28.7. The van der Waals surface area contributed by atoms with Crippen LogP contribution in [0.5, 0.6) is 0 Å². The van der Waals surface area contributed by atoms with Crippen LogP contribution in [-0.2, 0) is 19.1 Å². The van der Waals surface area contributed by atoms with Gasteiger partial charge in [-0.25, -0.2) is 4.79 Å². The molecular formula is C28H50O4. The number of allylic oxidation sites excluding steroid dienone is 1. The maximum Gasteiger partial charge on any atom is 0.334 e. The number of hydrogen-bond acceptors (Lipinski definition) is 4. The Balaban J connectivity index is 2.17. The average Bonchev–Trinajstić information content (AvgIpc) is 2.81. The van der Waals surface area contributed by atoms with E-state index in [1.54, 1.807) is 0 Å². The highest BCUT2D eigenvalue weighted by Crippen LogP contribution is 2.27. The summed E-state index contributed by atoms with van der Waals surface area (Å²) in [7, 11) is 0. The molecule has 0 amide bonds. The van der Waals surface area contributed by atoms with E-state index in [2.05, 4.69) is 13.8 Å². The first-order valence-corrected chi connectivity index (χ1v) is 13.7. The third-order valence-corrected chi connectivity index (χ3v) is 6.43. The second-order valence-corrected chi connectivity index (χ2v) is 9.40. The van der Waals surface area contributed by atoms with Crippen LogP contribution in [0.15, 0.2) is 11.6 Å². The third kappa shape index (κ3) is 14.0. The van der Waals surface area contributed by atoms with E-state index in [0.29, 0.717) is 25.2 Å². The Labute approximate surface area is 197 Å². The van der Waals surface area contributed by atoms with Gasteiger partial charge in [0, 0.05) is 5.57 Å². The standard InChI is InChI=1S/C28H50O4/c1-3-5-7-9-11-13-15-19-23-31-27(29)25-21-17-18-22-26(25)28(30)32-24-20-16-14-12-10-8-6-4-2/h21,26H,3-20,22-24H2,1-2H3. The molecular weight excluding hydrogens is 400 g/mol. The van der Waals surface area contributed by atoms with Crippen molar-refractivity contribution in [3.8, 4) is 0 Å². The lowest BCUT2D eigenvalue weighted by molar-refractivity contribution is -0.151. The van der Waals surface area contributed by atoms with Crippen LogP contribution < -0.4 is 0 Å². The zero-order chi connectivity index (χ0) is 23.3. The summed E-state index contributed by atoms with van der Waals surface area (Å²) >= 11 is 0. The Hall–Kier alpha value is -1.32. The average molecular weight is 451 g/mol. The number of hydrogen-bond donors (Lipinski definition) is 0. The predicted octanol–water partition coefficient (Wildman–Crippen LogP) is 8.08. The molecule has 186 valence electrons. The van der Waals surface area contributed by atoms with Gasteiger partial charge < -0.3 is 9.47 Å². The van der Waals surface area contributed by atoms with Crippen LogP contribution in [0.4, 0.5) is 0 Å². The Morgan fingerprint density at radius 1 is 0.719 bits per heavy atom. The van der Waals surface area contributed by atoms with Gasteiger partial charge in [-0.3, -0.25) is 4.79 Å². The molecule has 1 atom stereocenters. The van der Waals surface area contributed by atoms with E-state index in [4.69, 9.17) is 9.47 Å². The van der Waals surface area contributed by atoms with E-state index in [9.17, 15) is 9.59 Å². The molecule has 0 heterocycles. The number of carbonyl (C=O) groups excluding carboxylic acids is 2. The lowest BCUT2D eigenvalue weighted by Gasteiger charge is -2.21. The summed E-state index contributed by atoms with van der Waals surface area (Å²) < 4.78 is 11.0. The fourth-order valence-corrected chi connectivity index (χ4v) is 4.34. The Bertz CT molecular complexity index is 512. The van der Waals surface area contributed by atoms with E-state index in [1.165, 1.54) is 77.0 Å². The molecule has 0 saturated carbocycles. The molecule has 0 spiro atoms. The second-order valence-electron chi connectivity index (χ2n) is 9.40. The van der Waals surface area contributed by atoms with Crippen molar-refractivity contribution in [3.63, 3.8) is 0 Å². The van der Waals surface area contributed by atoms with Gasteiger partial charge in [0.05, 0.1) is 19.1 Å². The highest BCUT2D eigenvalue weighted by molar-refractivity contribution is 5.95. The maximum absolute atomic E-state index is 12.6. The van der Waals surface area contributed by atoms with Gasteiger partial charge in [-0.05, 0) is 32.1 Å². The quantitative estimate of drug-likeness (QED) is 0.139. The molecule has 0 aromatic rings. The number of carbonyl (C=O) groups is 2. The molecule has 0 aromatic carbocycles. The van der Waals surface area contributed by atoms with Crippen molar-refractivity contribution in [2.75, 3.05) is 13.2 Å². The zero-order valence-corrected chi connectivity index (χ0v) is 21.1. The van der Waals surface area contributed by atoms with Gasteiger partial charge in [-0.1, -0.05) is 110 Å². The summed E-state index contributed by atoms with van der Waals surface area (Å²) in [5.74, 6) is -1.01. The summed E-state index contributed by atoms with van der Waals surface area (Å²) in [4.78, 5) is 25.1. The minimum absolute atomic E-state index is 0.247. The van der Waals surface area contributed by atoms with E-state index in [0.717, 1.165) is 38.5 Å². The van der Waals surface area contributed by atoms with Crippen LogP contribution in [0.3, 0.4) is 0 Å². The Morgan fingerprint density at radius 2 is 1.19 bits per heavy atom. The number of esters is 2. The largest absolute Gasteiger partial charge is 0.465 e. The summed E-state index contributed by atoms with van der Waals surface area (Å²) in [6.45, 7) is 5.38. The molecule has 4 heteroatoms. The van der Waals surface area contributed by atoms with E-state index in [1.807, 2.05) is 6.08 Å². The second kappa shape index (κ2) is 20.3. The minimum atomic E-state index is -0.441. The van der Waals surface area contributed by atoms with Crippen LogP contribution in [0.1, 0.15) is 136 Å². The first-order chi connectivity index (χ1) is 15.7. The van der Waals surface area contributed by atoms with Crippen LogP contribution >= 0.6 is 0 Å². The Morgan fingerprint density at radius 3 is 1.72 bits per heavy atom. The third-order valence-electron chi connectivity index (χ3n) is 6.43. The molecule has 1 rings (SSSR count). The highest BCUT2D eigenvalue weighted by atomic mass is 16.5. The first-order valence-electron chi connectivity index (χ1n) is 13.7. The van der Waals surface area contributed by atoms with Crippen molar-refractivity contribution < 1.29 is 19.1 Å². The normalized spacial score (nSPS) is 15.9. The van der Waals surface area contributed by atoms with Gasteiger partial charge in [-0.15, -0.1) is 0 Å². The topological polar surface area (TPSA) is 52.6 Å². The molecule has 1 aliphatic carbocycles. The van der Waals surface area contributed by atoms with Crippen molar-refractivity contribution in [2.45, 2.75) is 136 Å². The Kier molecular flexibility index (Phi) is 18.2. The summed E-state index contributed by atoms with van der Waals surface area (Å²) in [5.41, 5.74) is 0.525. The van der Waals surface area contributed by atoms with Crippen molar-refractivity contribution in [2.24, 2.45) is 5.92 Å². The molecule has 1 aliphatic rings. The molecule has 4 nitrogen and oxygen atoms in total. The van der Waals surface area contributed by atoms with Crippen LogP contribution in [0, 0.1) is 5.92 Å². The lowest BCUT2D eigenvalue weighted by atomic mass is 9.87. The SMILES string of the molecule is CCCCCCCCCCOC(=O)C1=CCCCC1C(=O)OCCCCCCCCCC. The van der Waals surface area contributed by atoms with E-state index in [-0.39, 0.29) is 11.9 Å². The minimum Gasteiger partial charge on any atom is -0.465 e. The van der Waals surface area contributed by atoms with Gasteiger partial charge in [0.15, 0.2) is 0 Å². The molecule has 0 radical (unpaired) electrons. The van der Waals surface area contributed by atoms with Gasteiger partial charge >= 0.3 is 11.9 Å². The predicted molar refractivity (Wildman–Crippen MR) is 133 cm³/mol. The molecule has 0 saturated heterocycles. The smallest absolute Gasteiger partial charge is 0.334 e. The summed E-state index contributed by atoms with van der Waals surface area (Å²) in [5, 5.41) is 0. The van der Waals surface area contributed by atoms with E-state index >= 15 is 0 Å². The summed E-state index contributed by atoms with van der Waals surface area (Å²) in [6.07, 6.45) is 23.8. The van der Waals surface area contributed by atoms with Gasteiger partial charge in [0.25, 0.3) is 0 Å². The van der Waals surface area contributed by atoms with Gasteiger partial charge in [-0.2, -0.15) is 0 Å². The molecule has 1 unspecified atom stereocenters. The van der Waals surface area contributed by atoms with Crippen molar-refractivity contribution >= 4 is 11.9 Å². The van der Waals surface area contributed by atoms with Crippen LogP contribution in [0.2, 0.25) is 0 Å². The molecule has 0 bridgehead atoms. The van der Waals surface area contributed by atoms with Crippen molar-refractivity contribution in [1.82, 2.24) is 0 Å². The number of ether oxygens (including phenoxy) is 2. The lowest BCUT2D eigenvalue weighted by Crippen LogP contribution is -2.27. The number of unbranched alkanes of at least 4 members (excludes halogenated alkanes) is 14. The molecule has 0 fully saturated rings. The zero-order valence-electron chi connectivity index (χ0n) is 21.1. The number of rotatable bonds is 20. The molecule has 32 heavy (non-hydrogen) atoms. The van der Waals surface area contributed by atoms with E-state index < -0.39 is 5.92 Å². The van der Waals surface area contributed by atoms with Crippen LogP contribution in [-0.4, -0.2) is 25.2 Å². The van der Waals surface area contributed by atoms with Crippen LogP contribution in [0.25, 0.3) is 0 Å². The summed E-state index contributed by atoms with van der Waals surface area (Å²) in [6, 6.07) is 0. The monoisotopic (exact) mass is 450 g/mol. The fourth-order valence-electron chi connectivity index (χ4n) is 4.34. The van der Waals surface area contributed by atoms with Gasteiger partial charge in [0.1, 0.15) is 0 Å². The highest BCUT2D eigenvalue weighted by Gasteiger charge is 2.31.